The Balaban J connectivity index is 2.32. The van der Waals surface area contributed by atoms with Crippen molar-refractivity contribution < 1.29 is 9.32 Å². The SMILES string of the molecule is CC(=O)Cc1nc(-c2nccnc2N)no1. The second-order valence-corrected chi connectivity index (χ2v) is 3.18. The number of Topliss-reactive ketones (excluding diaryl/α,β-unsaturated/α-hetero) is 1. The topological polar surface area (TPSA) is 108 Å². The molecule has 7 nitrogen and oxygen atoms in total. The van der Waals surface area contributed by atoms with Gasteiger partial charge in [0.25, 0.3) is 0 Å². The van der Waals surface area contributed by atoms with Crippen LogP contribution in [0.5, 0.6) is 0 Å². The summed E-state index contributed by atoms with van der Waals surface area (Å²) >= 11 is 0. The minimum absolute atomic E-state index is 0.0534. The molecule has 0 aliphatic rings. The van der Waals surface area contributed by atoms with Crippen molar-refractivity contribution in [2.24, 2.45) is 0 Å². The van der Waals surface area contributed by atoms with E-state index in [1.54, 1.807) is 0 Å². The first kappa shape index (κ1) is 10.2. The van der Waals surface area contributed by atoms with Crippen LogP contribution >= 0.6 is 0 Å². The van der Waals surface area contributed by atoms with Gasteiger partial charge in [-0.05, 0) is 6.92 Å². The lowest BCUT2D eigenvalue weighted by Gasteiger charge is -1.95. The van der Waals surface area contributed by atoms with Crippen molar-refractivity contribution in [2.75, 3.05) is 5.73 Å². The standard InChI is InChI=1S/C9H9N5O2/c1-5(15)4-6-13-9(14-16-6)7-8(10)12-3-2-11-7/h2-3H,4H2,1H3,(H2,10,12). The zero-order chi connectivity index (χ0) is 11.5. The first-order chi connectivity index (χ1) is 7.66. The lowest BCUT2D eigenvalue weighted by Crippen LogP contribution is -1.98. The van der Waals surface area contributed by atoms with Gasteiger partial charge in [0, 0.05) is 12.4 Å². The highest BCUT2D eigenvalue weighted by atomic mass is 16.5. The van der Waals surface area contributed by atoms with Crippen molar-refractivity contribution in [3.63, 3.8) is 0 Å². The van der Waals surface area contributed by atoms with Crippen LogP contribution < -0.4 is 5.73 Å². The molecule has 2 rings (SSSR count). The Morgan fingerprint density at radius 2 is 2.19 bits per heavy atom. The number of anilines is 1. The van der Waals surface area contributed by atoms with Crippen molar-refractivity contribution in [1.29, 1.82) is 0 Å². The summed E-state index contributed by atoms with van der Waals surface area (Å²) in [7, 11) is 0. The lowest BCUT2D eigenvalue weighted by atomic mass is 10.3. The molecule has 0 spiro atoms. The lowest BCUT2D eigenvalue weighted by molar-refractivity contribution is -0.116. The molecule has 82 valence electrons. The third-order valence-corrected chi connectivity index (χ3v) is 1.81. The summed E-state index contributed by atoms with van der Waals surface area (Å²) in [6, 6.07) is 0. The quantitative estimate of drug-likeness (QED) is 0.787. The molecule has 0 fully saturated rings. The van der Waals surface area contributed by atoms with Crippen molar-refractivity contribution in [3.8, 4) is 11.5 Å². The Morgan fingerprint density at radius 3 is 2.88 bits per heavy atom. The number of carbonyl (C=O) groups is 1. The zero-order valence-corrected chi connectivity index (χ0v) is 8.54. The van der Waals surface area contributed by atoms with Crippen molar-refractivity contribution in [2.45, 2.75) is 13.3 Å². The average Bonchev–Trinajstić information content (AvgIpc) is 2.66. The van der Waals surface area contributed by atoms with Crippen LogP contribution in [-0.2, 0) is 11.2 Å². The number of nitrogen functional groups attached to an aromatic ring is 1. The van der Waals surface area contributed by atoms with Crippen molar-refractivity contribution >= 4 is 11.6 Å². The molecule has 2 aromatic rings. The van der Waals surface area contributed by atoms with Gasteiger partial charge >= 0.3 is 0 Å². The van der Waals surface area contributed by atoms with Crippen LogP contribution in [0.3, 0.4) is 0 Å². The van der Waals surface area contributed by atoms with Gasteiger partial charge in [-0.1, -0.05) is 5.16 Å². The van der Waals surface area contributed by atoms with Gasteiger partial charge in [-0.25, -0.2) is 9.97 Å². The fourth-order valence-electron chi connectivity index (χ4n) is 1.16. The molecular formula is C9H9N5O2. The minimum atomic E-state index is -0.0534. The molecular weight excluding hydrogens is 210 g/mol. The van der Waals surface area contributed by atoms with Gasteiger partial charge in [-0.3, -0.25) is 4.79 Å². The highest BCUT2D eigenvalue weighted by molar-refractivity contribution is 5.77. The predicted octanol–water partition coefficient (Wildman–Crippen LogP) is 0.240. The maximum Gasteiger partial charge on any atom is 0.234 e. The van der Waals surface area contributed by atoms with E-state index in [4.69, 9.17) is 10.3 Å². The maximum atomic E-state index is 10.8. The first-order valence-corrected chi connectivity index (χ1v) is 4.55. The highest BCUT2D eigenvalue weighted by Crippen LogP contribution is 2.17. The normalized spacial score (nSPS) is 10.3. The zero-order valence-electron chi connectivity index (χ0n) is 8.54. The minimum Gasteiger partial charge on any atom is -0.382 e. The first-order valence-electron chi connectivity index (χ1n) is 4.55. The summed E-state index contributed by atoms with van der Waals surface area (Å²) in [5.41, 5.74) is 5.95. The number of aromatic nitrogens is 4. The predicted molar refractivity (Wildman–Crippen MR) is 54.1 cm³/mol. The third-order valence-electron chi connectivity index (χ3n) is 1.81. The van der Waals surface area contributed by atoms with Gasteiger partial charge in [0.2, 0.25) is 11.7 Å². The Hall–Kier alpha value is -2.31. The number of rotatable bonds is 3. The number of ketones is 1. The van der Waals surface area contributed by atoms with Crippen LogP contribution in [0.25, 0.3) is 11.5 Å². The van der Waals surface area contributed by atoms with Crippen LogP contribution in [0.15, 0.2) is 16.9 Å². The smallest absolute Gasteiger partial charge is 0.234 e. The van der Waals surface area contributed by atoms with E-state index in [0.717, 1.165) is 0 Å². The summed E-state index contributed by atoms with van der Waals surface area (Å²) < 4.78 is 4.88. The molecule has 0 saturated carbocycles. The molecule has 0 saturated heterocycles. The summed E-state index contributed by atoms with van der Waals surface area (Å²) in [6.45, 7) is 1.44. The van der Waals surface area contributed by atoms with Gasteiger partial charge < -0.3 is 10.3 Å². The van der Waals surface area contributed by atoms with Gasteiger partial charge in [-0.2, -0.15) is 4.98 Å². The van der Waals surface area contributed by atoms with E-state index >= 15 is 0 Å². The molecule has 0 aliphatic heterocycles. The molecule has 0 bridgehead atoms. The van der Waals surface area contributed by atoms with Gasteiger partial charge in [0.15, 0.2) is 11.5 Å². The molecule has 0 aromatic carbocycles. The fraction of sp³-hybridized carbons (Fsp3) is 0.222. The molecule has 0 radical (unpaired) electrons. The highest BCUT2D eigenvalue weighted by Gasteiger charge is 2.13. The van der Waals surface area contributed by atoms with E-state index in [9.17, 15) is 4.79 Å². The summed E-state index contributed by atoms with van der Waals surface area (Å²) in [4.78, 5) is 22.7. The molecule has 16 heavy (non-hydrogen) atoms. The molecule has 2 aromatic heterocycles. The largest absolute Gasteiger partial charge is 0.382 e. The summed E-state index contributed by atoms with van der Waals surface area (Å²) in [5, 5.41) is 3.68. The average molecular weight is 219 g/mol. The molecule has 0 unspecified atom stereocenters. The third kappa shape index (κ3) is 2.02. The Bertz CT molecular complexity index is 522. The Morgan fingerprint density at radius 1 is 1.44 bits per heavy atom. The van der Waals surface area contributed by atoms with Gasteiger partial charge in [-0.15, -0.1) is 0 Å². The second-order valence-electron chi connectivity index (χ2n) is 3.18. The van der Waals surface area contributed by atoms with E-state index in [1.807, 2.05) is 0 Å². The second kappa shape index (κ2) is 4.05. The molecule has 7 heteroatoms. The van der Waals surface area contributed by atoms with E-state index in [1.165, 1.54) is 19.3 Å². The molecule has 0 amide bonds. The Kier molecular flexibility index (Phi) is 2.59. The van der Waals surface area contributed by atoms with E-state index in [0.29, 0.717) is 5.69 Å². The molecule has 2 heterocycles. The number of hydrogen-bond donors (Lipinski definition) is 1. The van der Waals surface area contributed by atoms with E-state index in [2.05, 4.69) is 20.1 Å². The molecule has 0 atom stereocenters. The number of carbonyl (C=O) groups excluding carboxylic acids is 1. The van der Waals surface area contributed by atoms with Gasteiger partial charge in [0.1, 0.15) is 5.78 Å². The van der Waals surface area contributed by atoms with Crippen LogP contribution in [0.4, 0.5) is 5.82 Å². The number of nitrogens with zero attached hydrogens (tertiary/aromatic N) is 4. The van der Waals surface area contributed by atoms with E-state index in [-0.39, 0.29) is 29.7 Å². The number of nitrogens with two attached hydrogens (primary N) is 1. The molecule has 2 N–H and O–H groups in total. The summed E-state index contributed by atoms with van der Waals surface area (Å²) in [5.74, 6) is 0.648. The van der Waals surface area contributed by atoms with Crippen LogP contribution in [0.2, 0.25) is 0 Å². The summed E-state index contributed by atoms with van der Waals surface area (Å²) in [6.07, 6.45) is 3.05. The van der Waals surface area contributed by atoms with E-state index < -0.39 is 0 Å². The number of hydrogen-bond acceptors (Lipinski definition) is 7. The van der Waals surface area contributed by atoms with Crippen LogP contribution in [0, 0.1) is 0 Å². The van der Waals surface area contributed by atoms with Crippen molar-refractivity contribution in [1.82, 2.24) is 20.1 Å². The van der Waals surface area contributed by atoms with Crippen molar-refractivity contribution in [3.05, 3.63) is 18.3 Å². The monoisotopic (exact) mass is 219 g/mol. The molecule has 0 aliphatic carbocycles. The maximum absolute atomic E-state index is 10.8. The fourth-order valence-corrected chi connectivity index (χ4v) is 1.16. The Labute approximate surface area is 90.7 Å². The van der Waals surface area contributed by atoms with Crippen LogP contribution in [0.1, 0.15) is 12.8 Å². The van der Waals surface area contributed by atoms with Crippen LogP contribution in [-0.4, -0.2) is 25.9 Å². The van der Waals surface area contributed by atoms with Gasteiger partial charge in [0.05, 0.1) is 6.42 Å².